The summed E-state index contributed by atoms with van der Waals surface area (Å²) in [7, 11) is 0. The fraction of sp³-hybridized carbons (Fsp3) is 0.389. The molecule has 0 saturated heterocycles. The van der Waals surface area contributed by atoms with E-state index in [2.05, 4.69) is 59.0 Å². The van der Waals surface area contributed by atoms with Crippen LogP contribution in [0, 0.1) is 12.8 Å². The predicted octanol–water partition coefficient (Wildman–Crippen LogP) is 3.14. The number of hydrogen-bond acceptors (Lipinski definition) is 1. The standard InChI is InChI=1S/C18H20N2O/c1-13-4-2-5-15(12-13)17-16-6-3-9-19(16)10-11-20(17)18(21)14-7-8-14/h2-6,9,12,14,17H,7-8,10-11H2,1H3. The second-order valence-electron chi connectivity index (χ2n) is 6.25. The first-order valence-electron chi connectivity index (χ1n) is 7.76. The lowest BCUT2D eigenvalue weighted by atomic mass is 9.98. The van der Waals surface area contributed by atoms with Gasteiger partial charge in [-0.25, -0.2) is 0 Å². The second-order valence-corrected chi connectivity index (χ2v) is 6.25. The van der Waals surface area contributed by atoms with Gasteiger partial charge in [0.15, 0.2) is 0 Å². The molecular weight excluding hydrogens is 260 g/mol. The van der Waals surface area contributed by atoms with Gasteiger partial charge in [0.1, 0.15) is 0 Å². The van der Waals surface area contributed by atoms with E-state index in [1.54, 1.807) is 0 Å². The number of benzene rings is 1. The Labute approximate surface area is 125 Å². The predicted molar refractivity (Wildman–Crippen MR) is 81.9 cm³/mol. The number of aryl methyl sites for hydroxylation is 1. The summed E-state index contributed by atoms with van der Waals surface area (Å²) in [5, 5.41) is 0. The maximum absolute atomic E-state index is 12.7. The summed E-state index contributed by atoms with van der Waals surface area (Å²) in [5.74, 6) is 0.618. The Morgan fingerprint density at radius 3 is 2.76 bits per heavy atom. The van der Waals surface area contributed by atoms with Gasteiger partial charge in [0.05, 0.1) is 6.04 Å². The summed E-state index contributed by atoms with van der Waals surface area (Å²) in [4.78, 5) is 14.8. The molecule has 0 spiro atoms. The second kappa shape index (κ2) is 4.76. The van der Waals surface area contributed by atoms with Crippen molar-refractivity contribution in [2.75, 3.05) is 6.54 Å². The Morgan fingerprint density at radius 2 is 2.00 bits per heavy atom. The Hall–Kier alpha value is -2.03. The maximum atomic E-state index is 12.7. The first kappa shape index (κ1) is 12.7. The minimum Gasteiger partial charge on any atom is -0.348 e. The monoisotopic (exact) mass is 280 g/mol. The third kappa shape index (κ3) is 2.17. The number of nitrogens with zero attached hydrogens (tertiary/aromatic N) is 2. The van der Waals surface area contributed by atoms with Crippen molar-refractivity contribution in [1.29, 1.82) is 0 Å². The van der Waals surface area contributed by atoms with Crippen molar-refractivity contribution in [3.8, 4) is 0 Å². The van der Waals surface area contributed by atoms with Crippen molar-refractivity contribution >= 4 is 5.91 Å². The highest BCUT2D eigenvalue weighted by molar-refractivity contribution is 5.82. The lowest BCUT2D eigenvalue weighted by Crippen LogP contribution is -2.43. The summed E-state index contributed by atoms with van der Waals surface area (Å²) in [6, 6.07) is 12.9. The molecule has 1 unspecified atom stereocenters. The van der Waals surface area contributed by atoms with Crippen LogP contribution < -0.4 is 0 Å². The van der Waals surface area contributed by atoms with Crippen LogP contribution in [-0.2, 0) is 11.3 Å². The molecule has 3 nitrogen and oxygen atoms in total. The van der Waals surface area contributed by atoms with Crippen molar-refractivity contribution < 1.29 is 4.79 Å². The number of carbonyl (C=O) groups is 1. The summed E-state index contributed by atoms with van der Waals surface area (Å²) in [6.45, 7) is 3.83. The molecule has 21 heavy (non-hydrogen) atoms. The van der Waals surface area contributed by atoms with Crippen molar-refractivity contribution in [2.24, 2.45) is 5.92 Å². The molecule has 1 amide bonds. The van der Waals surface area contributed by atoms with E-state index in [-0.39, 0.29) is 12.0 Å². The molecule has 1 saturated carbocycles. The normalized spacial score (nSPS) is 21.2. The molecule has 1 aliphatic carbocycles. The molecule has 0 radical (unpaired) electrons. The van der Waals surface area contributed by atoms with E-state index in [4.69, 9.17) is 0 Å². The quantitative estimate of drug-likeness (QED) is 0.829. The number of hydrogen-bond donors (Lipinski definition) is 0. The van der Waals surface area contributed by atoms with Gasteiger partial charge in [-0.05, 0) is 37.5 Å². The van der Waals surface area contributed by atoms with Crippen molar-refractivity contribution in [2.45, 2.75) is 32.4 Å². The smallest absolute Gasteiger partial charge is 0.226 e. The van der Waals surface area contributed by atoms with Crippen LogP contribution >= 0.6 is 0 Å². The molecule has 4 rings (SSSR count). The zero-order valence-corrected chi connectivity index (χ0v) is 12.3. The van der Waals surface area contributed by atoms with Crippen LogP contribution in [0.25, 0.3) is 0 Å². The molecule has 1 fully saturated rings. The Bertz CT molecular complexity index is 684. The van der Waals surface area contributed by atoms with Crippen molar-refractivity contribution in [1.82, 2.24) is 9.47 Å². The van der Waals surface area contributed by atoms with Gasteiger partial charge >= 0.3 is 0 Å². The van der Waals surface area contributed by atoms with E-state index < -0.39 is 0 Å². The van der Waals surface area contributed by atoms with E-state index in [0.717, 1.165) is 25.9 Å². The minimum atomic E-state index is 0.0711. The molecule has 3 heteroatoms. The molecule has 0 N–H and O–H groups in total. The van der Waals surface area contributed by atoms with Crippen LogP contribution in [0.5, 0.6) is 0 Å². The molecule has 108 valence electrons. The van der Waals surface area contributed by atoms with E-state index in [0.29, 0.717) is 5.91 Å². The van der Waals surface area contributed by atoms with E-state index in [1.807, 2.05) is 0 Å². The molecule has 0 bridgehead atoms. The van der Waals surface area contributed by atoms with Crippen LogP contribution in [0.1, 0.15) is 35.7 Å². The topological polar surface area (TPSA) is 25.2 Å². The average Bonchev–Trinajstić information content (AvgIpc) is 3.23. The fourth-order valence-corrected chi connectivity index (χ4v) is 3.38. The van der Waals surface area contributed by atoms with E-state index in [9.17, 15) is 4.79 Å². The number of rotatable bonds is 2. The molecule has 2 aromatic rings. The lowest BCUT2D eigenvalue weighted by molar-refractivity contribution is -0.135. The third-order valence-electron chi connectivity index (χ3n) is 4.61. The Balaban J connectivity index is 1.79. The number of fused-ring (bicyclic) bond motifs is 1. The van der Waals surface area contributed by atoms with E-state index in [1.165, 1.54) is 16.8 Å². The van der Waals surface area contributed by atoms with Gasteiger partial charge in [-0.3, -0.25) is 4.79 Å². The Morgan fingerprint density at radius 1 is 1.14 bits per heavy atom. The zero-order valence-electron chi connectivity index (χ0n) is 12.3. The highest BCUT2D eigenvalue weighted by Crippen LogP contribution is 2.38. The first-order valence-corrected chi connectivity index (χ1v) is 7.76. The maximum Gasteiger partial charge on any atom is 0.226 e. The van der Waals surface area contributed by atoms with E-state index >= 15 is 0 Å². The van der Waals surface area contributed by atoms with Crippen LogP contribution in [-0.4, -0.2) is 21.9 Å². The van der Waals surface area contributed by atoms with Gasteiger partial charge < -0.3 is 9.47 Å². The van der Waals surface area contributed by atoms with Gasteiger partial charge in [0, 0.05) is 30.9 Å². The summed E-state index contributed by atoms with van der Waals surface area (Å²) in [5.41, 5.74) is 3.71. The third-order valence-corrected chi connectivity index (χ3v) is 4.61. The van der Waals surface area contributed by atoms with Gasteiger partial charge in [-0.15, -0.1) is 0 Å². The largest absolute Gasteiger partial charge is 0.348 e. The number of amides is 1. The number of carbonyl (C=O) groups excluding carboxylic acids is 1. The molecule has 1 atom stereocenters. The SMILES string of the molecule is Cc1cccc(C2c3cccn3CCN2C(=O)C2CC2)c1. The minimum absolute atomic E-state index is 0.0711. The van der Waals surface area contributed by atoms with Crippen LogP contribution in [0.3, 0.4) is 0 Å². The molecule has 1 aromatic heterocycles. The van der Waals surface area contributed by atoms with Gasteiger partial charge in [0.25, 0.3) is 0 Å². The van der Waals surface area contributed by atoms with Gasteiger partial charge in [-0.2, -0.15) is 0 Å². The lowest BCUT2D eigenvalue weighted by Gasteiger charge is -2.37. The molecule has 2 aliphatic rings. The van der Waals surface area contributed by atoms with Gasteiger partial charge in [0.2, 0.25) is 5.91 Å². The van der Waals surface area contributed by atoms with Crippen molar-refractivity contribution in [3.05, 3.63) is 59.4 Å². The van der Waals surface area contributed by atoms with Crippen LogP contribution in [0.2, 0.25) is 0 Å². The summed E-state index contributed by atoms with van der Waals surface area (Å²) in [6.07, 6.45) is 4.25. The Kier molecular flexibility index (Phi) is 2.88. The molecule has 2 heterocycles. The summed E-state index contributed by atoms with van der Waals surface area (Å²) >= 11 is 0. The summed E-state index contributed by atoms with van der Waals surface area (Å²) < 4.78 is 2.28. The van der Waals surface area contributed by atoms with Crippen LogP contribution in [0.15, 0.2) is 42.6 Å². The van der Waals surface area contributed by atoms with Gasteiger partial charge in [-0.1, -0.05) is 29.8 Å². The molecule has 1 aliphatic heterocycles. The molecular formula is C18H20N2O. The highest BCUT2D eigenvalue weighted by Gasteiger charge is 2.39. The average molecular weight is 280 g/mol. The number of aromatic nitrogens is 1. The molecule has 1 aromatic carbocycles. The van der Waals surface area contributed by atoms with Crippen LogP contribution in [0.4, 0.5) is 0 Å². The first-order chi connectivity index (χ1) is 10.2. The fourth-order valence-electron chi connectivity index (χ4n) is 3.38. The zero-order chi connectivity index (χ0) is 14.4. The highest BCUT2D eigenvalue weighted by atomic mass is 16.2. The van der Waals surface area contributed by atoms with Crippen molar-refractivity contribution in [3.63, 3.8) is 0 Å².